The van der Waals surface area contributed by atoms with Crippen LogP contribution in [0.15, 0.2) is 64.7 Å². The molecule has 1 aromatic heterocycles. The number of benzene rings is 2. The predicted molar refractivity (Wildman–Crippen MR) is 149 cm³/mol. The molecule has 0 aliphatic heterocycles. The number of hydrogen-bond donors (Lipinski definition) is 0. The molecular weight excluding hydrogens is 897 g/mol. The molecule has 0 radical (unpaired) electrons. The highest BCUT2D eigenvalue weighted by molar-refractivity contribution is 9.16. The third-order valence-corrected chi connectivity index (χ3v) is 13.3. The Morgan fingerprint density at radius 1 is 0.724 bits per heavy atom. The number of para-hydroxylation sites is 1. The zero-order chi connectivity index (χ0) is 21.5. The van der Waals surface area contributed by atoms with Crippen LogP contribution in [0.1, 0.15) is 13.3 Å². The minimum atomic E-state index is 0.648. The maximum Gasteiger partial charge on any atom is 0.217 e. The van der Waals surface area contributed by atoms with Crippen molar-refractivity contribution in [3.8, 4) is 11.1 Å². The first-order valence-corrected chi connectivity index (χ1v) is 14.6. The maximum atomic E-state index is 6.03. The summed E-state index contributed by atoms with van der Waals surface area (Å²) in [6.45, 7) is 2.94. The van der Waals surface area contributed by atoms with Crippen LogP contribution in [-0.4, -0.2) is 6.54 Å². The summed E-state index contributed by atoms with van der Waals surface area (Å²) < 4.78 is 13.1. The van der Waals surface area contributed by atoms with Gasteiger partial charge in [-0.15, -0.1) is 0 Å². The second-order valence-corrected chi connectivity index (χ2v) is 12.2. The minimum absolute atomic E-state index is 0.648. The SMILES string of the molecule is CCCN(c1ccccc1-c1c(Br)c(Br)c(Br)c(Br)c1Br)c1oc(Br)c(Br)c1Br. The molecule has 0 atom stereocenters. The van der Waals surface area contributed by atoms with Crippen LogP contribution in [0.2, 0.25) is 0 Å². The number of anilines is 2. The summed E-state index contributed by atoms with van der Waals surface area (Å²) in [4.78, 5) is 2.18. The van der Waals surface area contributed by atoms with E-state index in [1.54, 1.807) is 0 Å². The van der Waals surface area contributed by atoms with Crippen molar-refractivity contribution >= 4 is 139 Å². The van der Waals surface area contributed by atoms with Gasteiger partial charge in [-0.3, -0.25) is 0 Å². The van der Waals surface area contributed by atoms with Crippen LogP contribution in [-0.2, 0) is 0 Å². The van der Waals surface area contributed by atoms with Gasteiger partial charge < -0.3 is 9.32 Å². The van der Waals surface area contributed by atoms with Gasteiger partial charge in [0, 0.05) is 40.0 Å². The van der Waals surface area contributed by atoms with Crippen LogP contribution < -0.4 is 4.90 Å². The van der Waals surface area contributed by atoms with E-state index < -0.39 is 0 Å². The molecule has 2 aromatic carbocycles. The smallest absolute Gasteiger partial charge is 0.217 e. The van der Waals surface area contributed by atoms with Gasteiger partial charge in [0.15, 0.2) is 4.67 Å². The zero-order valence-electron chi connectivity index (χ0n) is 14.6. The molecule has 154 valence electrons. The molecule has 0 amide bonds. The molecule has 29 heavy (non-hydrogen) atoms. The third kappa shape index (κ3) is 4.84. The van der Waals surface area contributed by atoms with Gasteiger partial charge in [0.2, 0.25) is 5.88 Å². The van der Waals surface area contributed by atoms with Crippen molar-refractivity contribution < 1.29 is 4.42 Å². The second-order valence-electron chi connectivity index (χ2n) is 5.92. The fourth-order valence-corrected chi connectivity index (χ4v) is 7.66. The van der Waals surface area contributed by atoms with Crippen LogP contribution in [0.3, 0.4) is 0 Å². The summed E-state index contributed by atoms with van der Waals surface area (Å²) in [5.74, 6) is 0.737. The first-order chi connectivity index (χ1) is 13.7. The highest BCUT2D eigenvalue weighted by Crippen LogP contribution is 2.52. The Morgan fingerprint density at radius 2 is 1.28 bits per heavy atom. The molecule has 0 saturated carbocycles. The van der Waals surface area contributed by atoms with Gasteiger partial charge in [-0.1, -0.05) is 25.1 Å². The lowest BCUT2D eigenvalue weighted by molar-refractivity contribution is 0.534. The van der Waals surface area contributed by atoms with Gasteiger partial charge in [0.1, 0.15) is 0 Å². The first-order valence-electron chi connectivity index (χ1n) is 8.22. The number of nitrogens with zero attached hydrogens (tertiary/aromatic N) is 1. The Balaban J connectivity index is 2.30. The molecule has 0 N–H and O–H groups in total. The van der Waals surface area contributed by atoms with E-state index in [0.717, 1.165) is 67.0 Å². The molecule has 0 aliphatic carbocycles. The zero-order valence-corrected chi connectivity index (χ0v) is 27.3. The van der Waals surface area contributed by atoms with Gasteiger partial charge in [-0.25, -0.2) is 0 Å². The van der Waals surface area contributed by atoms with Gasteiger partial charge in [-0.2, -0.15) is 0 Å². The molecule has 2 nitrogen and oxygen atoms in total. The van der Waals surface area contributed by atoms with Crippen LogP contribution in [0, 0.1) is 0 Å². The molecule has 1 heterocycles. The molecule has 0 bridgehead atoms. The van der Waals surface area contributed by atoms with E-state index >= 15 is 0 Å². The van der Waals surface area contributed by atoms with Crippen LogP contribution >= 0.6 is 127 Å². The lowest BCUT2D eigenvalue weighted by atomic mass is 10.0. The quantitative estimate of drug-likeness (QED) is 0.187. The highest BCUT2D eigenvalue weighted by Gasteiger charge is 2.26. The van der Waals surface area contributed by atoms with E-state index in [-0.39, 0.29) is 0 Å². The predicted octanol–water partition coefficient (Wildman–Crippen LogP) is 11.6. The van der Waals surface area contributed by atoms with E-state index in [9.17, 15) is 0 Å². The van der Waals surface area contributed by atoms with Crippen molar-refractivity contribution in [1.29, 1.82) is 0 Å². The molecule has 3 aromatic rings. The monoisotopic (exact) mass is 900 g/mol. The summed E-state index contributed by atoms with van der Waals surface area (Å²) in [7, 11) is 0. The van der Waals surface area contributed by atoms with Gasteiger partial charge in [0.25, 0.3) is 0 Å². The minimum Gasteiger partial charge on any atom is -0.431 e. The Morgan fingerprint density at radius 3 is 1.79 bits per heavy atom. The van der Waals surface area contributed by atoms with Crippen molar-refractivity contribution in [2.75, 3.05) is 11.4 Å². The van der Waals surface area contributed by atoms with Crippen molar-refractivity contribution in [2.45, 2.75) is 13.3 Å². The normalized spacial score (nSPS) is 11.2. The molecule has 0 saturated heterocycles. The fraction of sp³-hybridized carbons (Fsp3) is 0.158. The Bertz CT molecular complexity index is 1050. The van der Waals surface area contributed by atoms with Gasteiger partial charge >= 0.3 is 0 Å². The summed E-state index contributed by atoms with van der Waals surface area (Å²) in [5, 5.41) is 0. The Hall–Kier alpha value is 1.36. The van der Waals surface area contributed by atoms with Crippen molar-refractivity contribution in [2.24, 2.45) is 0 Å². The van der Waals surface area contributed by atoms with Gasteiger partial charge in [-0.05, 0) is 140 Å². The van der Waals surface area contributed by atoms with Crippen molar-refractivity contribution in [1.82, 2.24) is 0 Å². The Labute approximate surface area is 236 Å². The van der Waals surface area contributed by atoms with Gasteiger partial charge in [0.05, 0.1) is 14.6 Å². The lowest BCUT2D eigenvalue weighted by Crippen LogP contribution is -2.18. The molecule has 3 rings (SSSR count). The van der Waals surface area contributed by atoms with E-state index in [1.165, 1.54) is 0 Å². The maximum absolute atomic E-state index is 6.03. The number of furan rings is 1. The molecular formula is C19H11Br8NO. The molecule has 10 heteroatoms. The lowest BCUT2D eigenvalue weighted by Gasteiger charge is -2.26. The van der Waals surface area contributed by atoms with E-state index in [4.69, 9.17) is 4.42 Å². The molecule has 0 unspecified atom stereocenters. The van der Waals surface area contributed by atoms with Crippen molar-refractivity contribution in [3.63, 3.8) is 0 Å². The summed E-state index contributed by atoms with van der Waals surface area (Å²) in [5.41, 5.74) is 3.12. The summed E-state index contributed by atoms with van der Waals surface area (Å²) >= 11 is 29.2. The Kier molecular flexibility index (Phi) is 9.07. The van der Waals surface area contributed by atoms with Crippen LogP contribution in [0.4, 0.5) is 11.6 Å². The van der Waals surface area contributed by atoms with E-state index in [1.807, 2.05) is 12.1 Å². The average Bonchev–Trinajstić information content (AvgIpc) is 2.97. The summed E-state index contributed by atoms with van der Waals surface area (Å²) in [6.07, 6.45) is 0.951. The number of hydrogen-bond acceptors (Lipinski definition) is 2. The third-order valence-electron chi connectivity index (χ3n) is 4.11. The van der Waals surface area contributed by atoms with E-state index in [0.29, 0.717) is 4.67 Å². The topological polar surface area (TPSA) is 16.4 Å². The largest absolute Gasteiger partial charge is 0.431 e. The fourth-order valence-electron chi connectivity index (χ4n) is 2.85. The molecule has 0 aliphatic rings. The molecule has 0 spiro atoms. The molecule has 0 fully saturated rings. The van der Waals surface area contributed by atoms with Crippen LogP contribution in [0.25, 0.3) is 11.1 Å². The number of rotatable bonds is 5. The first kappa shape index (κ1) is 25.0. The number of halogens is 8. The van der Waals surface area contributed by atoms with E-state index in [2.05, 4.69) is 151 Å². The highest BCUT2D eigenvalue weighted by atomic mass is 79.9. The van der Waals surface area contributed by atoms with Crippen LogP contribution in [0.5, 0.6) is 0 Å². The van der Waals surface area contributed by atoms with Crippen molar-refractivity contribution in [3.05, 3.63) is 60.2 Å². The standard InChI is InChI=1S/C19H11Br8NO/c1-2-7-28(19-17(26)16(25)18(27)29-19)9-6-4-3-5-8(9)10-11(20)13(22)15(24)14(23)12(10)21/h3-6H,2,7H2,1H3. The summed E-state index contributed by atoms with van der Waals surface area (Å²) in [6, 6.07) is 8.28. The second kappa shape index (κ2) is 10.5. The average molecular weight is 909 g/mol.